The number of alkyl halides is 1. The minimum atomic E-state index is 0.0915. The molecule has 0 N–H and O–H groups in total. The normalized spacial score (nSPS) is 10.8. The zero-order valence-electron chi connectivity index (χ0n) is 9.30. The molecule has 0 saturated carbocycles. The van der Waals surface area contributed by atoms with Gasteiger partial charge in [0.15, 0.2) is 5.78 Å². The summed E-state index contributed by atoms with van der Waals surface area (Å²) in [6, 6.07) is 0. The molecule has 2 nitrogen and oxygen atoms in total. The molecule has 0 aliphatic carbocycles. The van der Waals surface area contributed by atoms with Crippen molar-refractivity contribution < 1.29 is 9.59 Å². The van der Waals surface area contributed by atoms with Gasteiger partial charge in [0.1, 0.15) is 5.78 Å². The molecule has 0 saturated heterocycles. The summed E-state index contributed by atoms with van der Waals surface area (Å²) in [6.45, 7) is 2.00. The second-order valence-electron chi connectivity index (χ2n) is 3.51. The van der Waals surface area contributed by atoms with Crippen LogP contribution in [-0.4, -0.2) is 17.4 Å². The number of hydrogen-bond acceptors (Lipinski definition) is 2. The van der Waals surface area contributed by atoms with Gasteiger partial charge in [0.05, 0.1) is 5.88 Å². The van der Waals surface area contributed by atoms with Crippen LogP contribution in [0.5, 0.6) is 0 Å². The molecule has 0 unspecified atom stereocenters. The van der Waals surface area contributed by atoms with E-state index in [0.717, 1.165) is 25.7 Å². The van der Waals surface area contributed by atoms with E-state index in [1.165, 1.54) is 0 Å². The number of hydrogen-bond donors (Lipinski definition) is 0. The van der Waals surface area contributed by atoms with Crippen molar-refractivity contribution in [1.29, 1.82) is 0 Å². The van der Waals surface area contributed by atoms with Crippen molar-refractivity contribution in [1.82, 2.24) is 0 Å². The van der Waals surface area contributed by atoms with Crippen LogP contribution in [-0.2, 0) is 9.59 Å². The fraction of sp³-hybridized carbons (Fsp3) is 0.667. The minimum absolute atomic E-state index is 0.0915. The molecule has 0 aromatic heterocycles. The molecule has 0 aromatic rings. The fourth-order valence-corrected chi connectivity index (χ4v) is 1.33. The third kappa shape index (κ3) is 9.67. The van der Waals surface area contributed by atoms with Crippen molar-refractivity contribution in [2.24, 2.45) is 0 Å². The van der Waals surface area contributed by atoms with E-state index in [-0.39, 0.29) is 17.4 Å². The highest BCUT2D eigenvalue weighted by atomic mass is 35.5. The van der Waals surface area contributed by atoms with Crippen LogP contribution in [0.3, 0.4) is 0 Å². The lowest BCUT2D eigenvalue weighted by molar-refractivity contribution is -0.116. The largest absolute Gasteiger partial charge is 0.298 e. The van der Waals surface area contributed by atoms with Crippen molar-refractivity contribution in [3.63, 3.8) is 0 Å². The molecular formula is C12H19ClO2. The molecule has 0 heterocycles. The molecule has 0 fully saturated rings. The molecule has 0 aromatic carbocycles. The molecule has 0 rings (SSSR count). The van der Waals surface area contributed by atoms with E-state index in [1.54, 1.807) is 6.08 Å². The number of halogens is 1. The highest BCUT2D eigenvalue weighted by Crippen LogP contribution is 2.05. The molecule has 0 amide bonds. The van der Waals surface area contributed by atoms with E-state index in [1.807, 2.05) is 13.0 Å². The Balaban J connectivity index is 3.35. The van der Waals surface area contributed by atoms with Gasteiger partial charge in [0.25, 0.3) is 0 Å². The Morgan fingerprint density at radius 1 is 1.13 bits per heavy atom. The van der Waals surface area contributed by atoms with Crippen molar-refractivity contribution in [3.8, 4) is 0 Å². The van der Waals surface area contributed by atoms with Crippen LogP contribution in [0, 0.1) is 0 Å². The molecule has 86 valence electrons. The van der Waals surface area contributed by atoms with Crippen LogP contribution in [0.25, 0.3) is 0 Å². The maximum absolute atomic E-state index is 11.2. The first-order valence-corrected chi connectivity index (χ1v) is 6.01. The van der Waals surface area contributed by atoms with Gasteiger partial charge in [-0.2, -0.15) is 0 Å². The highest BCUT2D eigenvalue weighted by molar-refractivity contribution is 6.27. The van der Waals surface area contributed by atoms with E-state index in [9.17, 15) is 9.59 Å². The summed E-state index contributed by atoms with van der Waals surface area (Å²) in [5.74, 6) is 0.382. The minimum Gasteiger partial charge on any atom is -0.298 e. The lowest BCUT2D eigenvalue weighted by Gasteiger charge is -1.97. The van der Waals surface area contributed by atoms with Crippen LogP contribution in [0.15, 0.2) is 12.2 Å². The summed E-state index contributed by atoms with van der Waals surface area (Å²) in [6.07, 6.45) is 8.18. The summed E-state index contributed by atoms with van der Waals surface area (Å²) in [4.78, 5) is 22.0. The summed E-state index contributed by atoms with van der Waals surface area (Å²) >= 11 is 5.36. The predicted octanol–water partition coefficient (Wildman–Crippen LogP) is 3.28. The summed E-state index contributed by atoms with van der Waals surface area (Å²) in [7, 11) is 0. The number of Topliss-reactive ketones (excluding diaryl/α,β-unsaturated/α-hetero) is 1. The van der Waals surface area contributed by atoms with E-state index in [4.69, 9.17) is 11.6 Å². The Bertz CT molecular complexity index is 222. The quantitative estimate of drug-likeness (QED) is 0.346. The first-order chi connectivity index (χ1) is 7.20. The van der Waals surface area contributed by atoms with Gasteiger partial charge in [0, 0.05) is 12.8 Å². The smallest absolute Gasteiger partial charge is 0.155 e. The van der Waals surface area contributed by atoms with Gasteiger partial charge in [-0.1, -0.05) is 19.4 Å². The Kier molecular flexibility index (Phi) is 9.49. The number of unbranched alkanes of at least 4 members (excludes halogenated alkanes) is 2. The number of allylic oxidation sites excluding steroid dienone is 2. The molecule has 15 heavy (non-hydrogen) atoms. The van der Waals surface area contributed by atoms with Crippen molar-refractivity contribution >= 4 is 23.2 Å². The number of ketones is 2. The van der Waals surface area contributed by atoms with E-state index in [0.29, 0.717) is 12.8 Å². The third-order valence-corrected chi connectivity index (χ3v) is 2.37. The van der Waals surface area contributed by atoms with Crippen LogP contribution in [0.2, 0.25) is 0 Å². The van der Waals surface area contributed by atoms with Crippen LogP contribution in [0.4, 0.5) is 0 Å². The molecule has 0 spiro atoms. The van der Waals surface area contributed by atoms with E-state index in [2.05, 4.69) is 0 Å². The summed E-state index contributed by atoms with van der Waals surface area (Å²) < 4.78 is 0. The van der Waals surface area contributed by atoms with Gasteiger partial charge in [0.2, 0.25) is 0 Å². The van der Waals surface area contributed by atoms with Gasteiger partial charge in [-0.25, -0.2) is 0 Å². The monoisotopic (exact) mass is 230 g/mol. The topological polar surface area (TPSA) is 34.1 Å². The van der Waals surface area contributed by atoms with Crippen LogP contribution < -0.4 is 0 Å². The molecule has 0 atom stereocenters. The number of carbonyl (C=O) groups is 2. The SMILES string of the molecule is CCC=CC(=O)CCCCCC(=O)CCl. The fourth-order valence-electron chi connectivity index (χ4n) is 1.20. The van der Waals surface area contributed by atoms with E-state index < -0.39 is 0 Å². The molecule has 3 heteroatoms. The van der Waals surface area contributed by atoms with Gasteiger partial charge in [-0.3, -0.25) is 9.59 Å². The molecule has 0 bridgehead atoms. The Hall–Kier alpha value is -0.630. The standard InChI is InChI=1S/C12H19ClO2/c1-2-3-7-11(14)8-5-4-6-9-12(15)10-13/h3,7H,2,4-6,8-10H2,1H3. The van der Waals surface area contributed by atoms with Gasteiger partial charge < -0.3 is 0 Å². The molecule has 0 radical (unpaired) electrons. The third-order valence-electron chi connectivity index (χ3n) is 2.07. The maximum Gasteiger partial charge on any atom is 0.155 e. The van der Waals surface area contributed by atoms with Crippen LogP contribution >= 0.6 is 11.6 Å². The Morgan fingerprint density at radius 3 is 2.40 bits per heavy atom. The predicted molar refractivity (Wildman–Crippen MR) is 63.3 cm³/mol. The number of carbonyl (C=O) groups excluding carboxylic acids is 2. The summed E-state index contributed by atoms with van der Waals surface area (Å²) in [5.41, 5.74) is 0. The van der Waals surface area contributed by atoms with Crippen molar-refractivity contribution in [2.75, 3.05) is 5.88 Å². The second-order valence-corrected chi connectivity index (χ2v) is 3.78. The van der Waals surface area contributed by atoms with Crippen molar-refractivity contribution in [3.05, 3.63) is 12.2 Å². The van der Waals surface area contributed by atoms with Crippen LogP contribution in [0.1, 0.15) is 45.4 Å². The van der Waals surface area contributed by atoms with E-state index >= 15 is 0 Å². The van der Waals surface area contributed by atoms with Gasteiger partial charge >= 0.3 is 0 Å². The van der Waals surface area contributed by atoms with Gasteiger partial charge in [-0.15, -0.1) is 11.6 Å². The lowest BCUT2D eigenvalue weighted by Crippen LogP contribution is -1.99. The first kappa shape index (κ1) is 14.4. The summed E-state index contributed by atoms with van der Waals surface area (Å²) in [5, 5.41) is 0. The average molecular weight is 231 g/mol. The van der Waals surface area contributed by atoms with Gasteiger partial charge in [-0.05, 0) is 25.3 Å². The molecule has 0 aliphatic heterocycles. The molecular weight excluding hydrogens is 212 g/mol. The molecule has 0 aliphatic rings. The zero-order chi connectivity index (χ0) is 11.5. The highest BCUT2D eigenvalue weighted by Gasteiger charge is 2.00. The lowest BCUT2D eigenvalue weighted by atomic mass is 10.1. The van der Waals surface area contributed by atoms with Crippen molar-refractivity contribution in [2.45, 2.75) is 45.4 Å². The second kappa shape index (κ2) is 9.91. The maximum atomic E-state index is 11.2. The zero-order valence-corrected chi connectivity index (χ0v) is 10.1. The Morgan fingerprint density at radius 2 is 1.80 bits per heavy atom. The average Bonchev–Trinajstić information content (AvgIpc) is 2.25. The Labute approximate surface area is 96.7 Å². The number of rotatable bonds is 9. The first-order valence-electron chi connectivity index (χ1n) is 5.47.